The number of Topliss-reactive ketones (excluding diaryl/α,β-unsaturated/α-hetero) is 1. The maximum Gasteiger partial charge on any atom is 0.494 e. The lowest BCUT2D eigenvalue weighted by atomic mass is 9.77. The number of ether oxygens (including phenoxy) is 1. The van der Waals surface area contributed by atoms with Gasteiger partial charge in [0.15, 0.2) is 5.78 Å². The Kier molecular flexibility index (Phi) is 7.05. The predicted molar refractivity (Wildman–Crippen MR) is 137 cm³/mol. The summed E-state index contributed by atoms with van der Waals surface area (Å²) in [5.74, 6) is -0.349. The molecule has 194 valence electrons. The minimum absolute atomic E-state index is 0.0410. The van der Waals surface area contributed by atoms with Gasteiger partial charge in [-0.25, -0.2) is 4.79 Å². The molecule has 3 aliphatic rings. The number of methoxy groups -OCH3 is 1. The zero-order valence-electron chi connectivity index (χ0n) is 22.2. The first-order valence-corrected chi connectivity index (χ1v) is 12.6. The molecule has 0 radical (unpaired) electrons. The van der Waals surface area contributed by atoms with Crippen LogP contribution < -0.4 is 10.8 Å². The maximum absolute atomic E-state index is 13.4. The number of likely N-dealkylation sites (tertiary alicyclic amines) is 1. The van der Waals surface area contributed by atoms with Crippen LogP contribution in [-0.4, -0.2) is 72.5 Å². The molecule has 3 aliphatic heterocycles. The van der Waals surface area contributed by atoms with Crippen LogP contribution in [-0.2, 0) is 18.8 Å². The normalized spacial score (nSPS) is 23.4. The SMILES string of the molecule is COC(=O)N[C@H](C(=O)N1CCC[C@H]1C1=Nc2ccc(B3OC(C)(C)C(C)(C)O3)cc2C(=O)C1)C(C)C. The van der Waals surface area contributed by atoms with Crippen molar-refractivity contribution < 1.29 is 28.4 Å². The van der Waals surface area contributed by atoms with Gasteiger partial charge in [-0.1, -0.05) is 19.9 Å². The van der Waals surface area contributed by atoms with E-state index in [1.807, 2.05) is 59.7 Å². The first kappa shape index (κ1) is 26.4. The number of hydrogen-bond donors (Lipinski definition) is 1. The molecule has 10 heteroatoms. The van der Waals surface area contributed by atoms with E-state index >= 15 is 0 Å². The molecule has 2 saturated heterocycles. The van der Waals surface area contributed by atoms with Crippen LogP contribution in [0.3, 0.4) is 0 Å². The molecule has 0 spiro atoms. The maximum atomic E-state index is 13.4. The molecule has 4 rings (SSSR count). The fourth-order valence-corrected chi connectivity index (χ4v) is 4.90. The standard InChI is InChI=1S/C26H36BN3O6/c1-15(2)22(29-24(33)34-7)23(32)30-12-8-9-20(30)19-14-21(31)17-13-16(10-11-18(17)28-19)27-35-25(3,4)26(5,6)36-27/h10-11,13,15,20,22H,8-9,12,14H2,1-7H3,(H,29,33)/t20-,22-/m0/s1. The van der Waals surface area contributed by atoms with E-state index in [-0.39, 0.29) is 30.1 Å². The summed E-state index contributed by atoms with van der Waals surface area (Å²) >= 11 is 0. The van der Waals surface area contributed by atoms with Crippen molar-refractivity contribution in [2.75, 3.05) is 13.7 Å². The fourth-order valence-electron chi connectivity index (χ4n) is 4.90. The number of benzene rings is 1. The second kappa shape index (κ2) is 9.63. The van der Waals surface area contributed by atoms with Crippen molar-refractivity contribution in [3.05, 3.63) is 23.8 Å². The molecular weight excluding hydrogens is 461 g/mol. The molecule has 1 aromatic carbocycles. The molecule has 2 atom stereocenters. The summed E-state index contributed by atoms with van der Waals surface area (Å²) < 4.78 is 17.0. The monoisotopic (exact) mass is 497 g/mol. The van der Waals surface area contributed by atoms with E-state index < -0.39 is 30.5 Å². The van der Waals surface area contributed by atoms with Gasteiger partial charge in [0.25, 0.3) is 0 Å². The lowest BCUT2D eigenvalue weighted by Crippen LogP contribution is -2.54. The van der Waals surface area contributed by atoms with E-state index in [9.17, 15) is 14.4 Å². The Hall–Kier alpha value is -2.72. The van der Waals surface area contributed by atoms with Gasteiger partial charge in [-0.05, 0) is 64.1 Å². The third kappa shape index (κ3) is 4.80. The van der Waals surface area contributed by atoms with Gasteiger partial charge in [0.1, 0.15) is 6.04 Å². The number of carbonyl (C=O) groups is 3. The summed E-state index contributed by atoms with van der Waals surface area (Å²) in [5.41, 5.74) is 1.65. The number of ketones is 1. The van der Waals surface area contributed by atoms with Crippen LogP contribution in [0.4, 0.5) is 10.5 Å². The molecule has 2 fully saturated rings. The molecule has 0 bridgehead atoms. The predicted octanol–water partition coefficient (Wildman–Crippen LogP) is 3.02. The number of aliphatic imine (C=N–C) groups is 1. The van der Waals surface area contributed by atoms with Gasteiger partial charge >= 0.3 is 13.2 Å². The Bertz CT molecular complexity index is 1080. The lowest BCUT2D eigenvalue weighted by Gasteiger charge is -2.32. The first-order chi connectivity index (χ1) is 16.8. The van der Waals surface area contributed by atoms with Crippen LogP contribution in [0.15, 0.2) is 23.2 Å². The number of nitrogens with one attached hydrogen (secondary N) is 1. The largest absolute Gasteiger partial charge is 0.494 e. The summed E-state index contributed by atoms with van der Waals surface area (Å²) in [4.78, 5) is 45.0. The van der Waals surface area contributed by atoms with Gasteiger partial charge in [0.05, 0.1) is 36.5 Å². The molecule has 0 aliphatic carbocycles. The van der Waals surface area contributed by atoms with E-state index in [0.29, 0.717) is 23.5 Å². The van der Waals surface area contributed by atoms with Crippen molar-refractivity contribution in [3.63, 3.8) is 0 Å². The number of amides is 2. The van der Waals surface area contributed by atoms with Crippen LogP contribution in [0.25, 0.3) is 0 Å². The van der Waals surface area contributed by atoms with Gasteiger partial charge in [0.2, 0.25) is 5.91 Å². The van der Waals surface area contributed by atoms with E-state index in [0.717, 1.165) is 18.3 Å². The van der Waals surface area contributed by atoms with E-state index in [1.54, 1.807) is 4.90 Å². The first-order valence-electron chi connectivity index (χ1n) is 12.6. The van der Waals surface area contributed by atoms with Crippen molar-refractivity contribution >= 4 is 41.8 Å². The van der Waals surface area contributed by atoms with Crippen molar-refractivity contribution in [1.29, 1.82) is 0 Å². The molecule has 3 heterocycles. The summed E-state index contributed by atoms with van der Waals surface area (Å²) in [6.07, 6.45) is 1.03. The molecule has 0 aromatic heterocycles. The van der Waals surface area contributed by atoms with Gasteiger partial charge in [0, 0.05) is 17.8 Å². The number of nitrogens with zero attached hydrogens (tertiary/aromatic N) is 2. The zero-order valence-corrected chi connectivity index (χ0v) is 22.2. The summed E-state index contributed by atoms with van der Waals surface area (Å²) in [5, 5.41) is 2.65. The second-order valence-electron chi connectivity index (χ2n) is 11.1. The highest BCUT2D eigenvalue weighted by atomic mass is 16.7. The highest BCUT2D eigenvalue weighted by Crippen LogP contribution is 2.37. The van der Waals surface area contributed by atoms with Gasteiger partial charge in [-0.3, -0.25) is 14.6 Å². The van der Waals surface area contributed by atoms with Crippen LogP contribution in [0, 0.1) is 5.92 Å². The molecule has 36 heavy (non-hydrogen) atoms. The average Bonchev–Trinajstić information content (AvgIpc) is 3.38. The smallest absolute Gasteiger partial charge is 0.453 e. The number of fused-ring (bicyclic) bond motifs is 1. The topological polar surface area (TPSA) is 107 Å². The average molecular weight is 497 g/mol. The Labute approximate surface area is 213 Å². The molecule has 1 N–H and O–H groups in total. The van der Waals surface area contributed by atoms with Gasteiger partial charge < -0.3 is 24.3 Å². The molecule has 0 saturated carbocycles. The van der Waals surface area contributed by atoms with Crippen molar-refractivity contribution in [3.8, 4) is 0 Å². The van der Waals surface area contributed by atoms with Crippen LogP contribution >= 0.6 is 0 Å². The van der Waals surface area contributed by atoms with Gasteiger partial charge in [-0.2, -0.15) is 0 Å². The second-order valence-corrected chi connectivity index (χ2v) is 11.1. The van der Waals surface area contributed by atoms with Crippen LogP contribution in [0.5, 0.6) is 0 Å². The molecule has 0 unspecified atom stereocenters. The highest BCUT2D eigenvalue weighted by molar-refractivity contribution is 6.62. The number of rotatable bonds is 5. The fraction of sp³-hybridized carbons (Fsp3) is 0.615. The Morgan fingerprint density at radius 1 is 1.19 bits per heavy atom. The Morgan fingerprint density at radius 3 is 2.47 bits per heavy atom. The lowest BCUT2D eigenvalue weighted by molar-refractivity contribution is -0.134. The van der Waals surface area contributed by atoms with Crippen LogP contribution in [0.2, 0.25) is 0 Å². The minimum atomic E-state index is -0.715. The number of hydrogen-bond acceptors (Lipinski definition) is 7. The third-order valence-electron chi connectivity index (χ3n) is 7.76. The van der Waals surface area contributed by atoms with E-state index in [2.05, 4.69) is 5.32 Å². The summed E-state index contributed by atoms with van der Waals surface area (Å²) in [7, 11) is 0.713. The minimum Gasteiger partial charge on any atom is -0.453 e. The zero-order chi connectivity index (χ0) is 26.4. The van der Waals surface area contributed by atoms with Gasteiger partial charge in [-0.15, -0.1) is 0 Å². The Balaban J connectivity index is 1.57. The van der Waals surface area contributed by atoms with E-state index in [1.165, 1.54) is 7.11 Å². The van der Waals surface area contributed by atoms with Crippen LogP contribution in [0.1, 0.15) is 71.2 Å². The molecule has 9 nitrogen and oxygen atoms in total. The Morgan fingerprint density at radius 2 is 1.86 bits per heavy atom. The summed E-state index contributed by atoms with van der Waals surface area (Å²) in [6.45, 7) is 12.3. The molecule has 2 amide bonds. The number of alkyl carbamates (subject to hydrolysis) is 1. The highest BCUT2D eigenvalue weighted by Gasteiger charge is 2.52. The number of carbonyl (C=O) groups excluding carboxylic acids is 3. The van der Waals surface area contributed by atoms with Crippen molar-refractivity contribution in [2.45, 2.75) is 84.1 Å². The molecular formula is C26H36BN3O6. The quantitative estimate of drug-likeness (QED) is 0.627. The van der Waals surface area contributed by atoms with Crippen molar-refractivity contribution in [2.24, 2.45) is 10.9 Å². The van der Waals surface area contributed by atoms with E-state index in [4.69, 9.17) is 19.0 Å². The summed E-state index contributed by atoms with van der Waals surface area (Å²) in [6, 6.07) is 4.52. The third-order valence-corrected chi connectivity index (χ3v) is 7.76. The van der Waals surface area contributed by atoms with Crippen molar-refractivity contribution in [1.82, 2.24) is 10.2 Å². The molecule has 1 aromatic rings.